The number of allylic oxidation sites excluding steroid dienone is 1. The molecule has 0 spiro atoms. The molecule has 0 saturated carbocycles. The van der Waals surface area contributed by atoms with E-state index < -0.39 is 17.4 Å². The smallest absolute Gasteiger partial charge is 0.205 e. The Kier molecular flexibility index (Phi) is 3.73. The van der Waals surface area contributed by atoms with Gasteiger partial charge in [0.2, 0.25) is 5.78 Å². The average molecular weight is 308 g/mol. The number of Topliss-reactive ketones (excluding diaryl/α,β-unsaturated/α-hetero) is 1. The molecule has 0 unspecified atom stereocenters. The van der Waals surface area contributed by atoms with Crippen molar-refractivity contribution in [2.75, 3.05) is 0 Å². The van der Waals surface area contributed by atoms with Crippen molar-refractivity contribution in [2.45, 2.75) is 0 Å². The number of halogens is 2. The molecule has 5 heteroatoms. The van der Waals surface area contributed by atoms with Crippen LogP contribution in [0.2, 0.25) is 0 Å². The normalized spacial score (nSPS) is 11.4. The van der Waals surface area contributed by atoms with Gasteiger partial charge in [-0.2, -0.15) is 5.26 Å². The molecule has 0 radical (unpaired) electrons. The van der Waals surface area contributed by atoms with Gasteiger partial charge in [0, 0.05) is 28.2 Å². The van der Waals surface area contributed by atoms with Gasteiger partial charge in [-0.25, -0.2) is 8.78 Å². The quantitative estimate of drug-likeness (QED) is 0.447. The molecular formula is C18H10F2N2O. The lowest BCUT2D eigenvalue weighted by Gasteiger charge is -2.00. The largest absolute Gasteiger partial charge is 0.360 e. The Labute approximate surface area is 130 Å². The zero-order valence-electron chi connectivity index (χ0n) is 11.8. The first-order chi connectivity index (χ1) is 11.1. The summed E-state index contributed by atoms with van der Waals surface area (Å²) in [5.41, 5.74) is 0.657. The van der Waals surface area contributed by atoms with Gasteiger partial charge in [0.1, 0.15) is 23.3 Å². The minimum Gasteiger partial charge on any atom is -0.360 e. The number of para-hydroxylation sites is 1. The summed E-state index contributed by atoms with van der Waals surface area (Å²) >= 11 is 0. The van der Waals surface area contributed by atoms with Gasteiger partial charge in [-0.3, -0.25) is 4.79 Å². The topological polar surface area (TPSA) is 56.6 Å². The minimum atomic E-state index is -0.703. The third-order valence-corrected chi connectivity index (χ3v) is 3.46. The van der Waals surface area contributed by atoms with E-state index in [0.29, 0.717) is 10.9 Å². The van der Waals surface area contributed by atoms with Crippen LogP contribution in [0.3, 0.4) is 0 Å². The van der Waals surface area contributed by atoms with Crippen LogP contribution in [0.5, 0.6) is 0 Å². The molecule has 0 aliphatic heterocycles. The number of carbonyl (C=O) groups excluding carboxylic acids is 1. The zero-order chi connectivity index (χ0) is 16.4. The first-order valence-corrected chi connectivity index (χ1v) is 6.78. The average Bonchev–Trinajstić information content (AvgIpc) is 2.99. The van der Waals surface area contributed by atoms with Gasteiger partial charge in [0.15, 0.2) is 0 Å². The lowest BCUT2D eigenvalue weighted by atomic mass is 10.0. The van der Waals surface area contributed by atoms with Crippen LogP contribution in [0, 0.1) is 23.0 Å². The molecule has 3 aromatic rings. The predicted molar refractivity (Wildman–Crippen MR) is 82.6 cm³/mol. The van der Waals surface area contributed by atoms with Gasteiger partial charge >= 0.3 is 0 Å². The maximum atomic E-state index is 13.7. The number of hydrogen-bond donors (Lipinski definition) is 1. The summed E-state index contributed by atoms with van der Waals surface area (Å²) in [4.78, 5) is 15.5. The molecule has 1 aromatic heterocycles. The van der Waals surface area contributed by atoms with Crippen LogP contribution in [0.4, 0.5) is 8.78 Å². The van der Waals surface area contributed by atoms with Crippen molar-refractivity contribution in [1.82, 2.24) is 4.98 Å². The van der Waals surface area contributed by atoms with Crippen LogP contribution in [0.1, 0.15) is 15.9 Å². The third-order valence-electron chi connectivity index (χ3n) is 3.46. The molecule has 0 atom stereocenters. The number of fused-ring (bicyclic) bond motifs is 1. The summed E-state index contributed by atoms with van der Waals surface area (Å²) in [6.07, 6.45) is 2.56. The fraction of sp³-hybridized carbons (Fsp3) is 0. The second-order valence-electron chi connectivity index (χ2n) is 4.91. The summed E-state index contributed by atoms with van der Waals surface area (Å²) in [5.74, 6) is -1.89. The number of H-pyrrole nitrogens is 1. The Bertz CT molecular complexity index is 980. The Hall–Kier alpha value is -3.26. The van der Waals surface area contributed by atoms with E-state index in [1.165, 1.54) is 6.20 Å². The van der Waals surface area contributed by atoms with E-state index in [1.54, 1.807) is 24.3 Å². The van der Waals surface area contributed by atoms with Crippen LogP contribution < -0.4 is 0 Å². The first kappa shape index (κ1) is 14.7. The molecule has 0 saturated heterocycles. The fourth-order valence-electron chi connectivity index (χ4n) is 2.33. The minimum absolute atomic E-state index is 0.144. The lowest BCUT2D eigenvalue weighted by Crippen LogP contribution is -2.01. The summed E-state index contributed by atoms with van der Waals surface area (Å²) in [6, 6.07) is 11.8. The number of carbonyl (C=O) groups is 1. The number of nitrogens with one attached hydrogen (secondary N) is 1. The van der Waals surface area contributed by atoms with Crippen molar-refractivity contribution in [1.29, 1.82) is 5.26 Å². The molecule has 0 amide bonds. The van der Waals surface area contributed by atoms with E-state index in [-0.39, 0.29) is 11.1 Å². The number of benzene rings is 2. The van der Waals surface area contributed by atoms with Gasteiger partial charge in [-0.05, 0) is 30.3 Å². The highest BCUT2D eigenvalue weighted by Crippen LogP contribution is 2.22. The number of nitriles is 1. The standard InChI is InChI=1S/C18H10F2N2O/c19-13-5-6-16(20)11(8-13)7-12(9-21)18(23)15-10-22-17-4-2-1-3-14(15)17/h1-8,10,22H/b12-7+. The van der Waals surface area contributed by atoms with E-state index >= 15 is 0 Å². The summed E-state index contributed by atoms with van der Waals surface area (Å²) in [7, 11) is 0. The van der Waals surface area contributed by atoms with E-state index in [4.69, 9.17) is 0 Å². The summed E-state index contributed by atoms with van der Waals surface area (Å²) in [6.45, 7) is 0. The third kappa shape index (κ3) is 2.74. The first-order valence-electron chi connectivity index (χ1n) is 6.78. The predicted octanol–water partition coefficient (Wildman–Crippen LogP) is 4.24. The van der Waals surface area contributed by atoms with Crippen molar-refractivity contribution in [2.24, 2.45) is 0 Å². The van der Waals surface area contributed by atoms with Crippen LogP contribution in [-0.4, -0.2) is 10.8 Å². The Balaban J connectivity index is 2.07. The van der Waals surface area contributed by atoms with Gasteiger partial charge in [-0.1, -0.05) is 18.2 Å². The molecule has 0 aliphatic rings. The van der Waals surface area contributed by atoms with Gasteiger partial charge in [-0.15, -0.1) is 0 Å². The van der Waals surface area contributed by atoms with Crippen LogP contribution in [-0.2, 0) is 0 Å². The highest BCUT2D eigenvalue weighted by molar-refractivity contribution is 6.19. The van der Waals surface area contributed by atoms with Crippen LogP contribution in [0.15, 0.2) is 54.2 Å². The Morgan fingerprint density at radius 3 is 2.74 bits per heavy atom. The van der Waals surface area contributed by atoms with E-state index in [1.807, 2.05) is 6.07 Å². The molecular weight excluding hydrogens is 298 g/mol. The van der Waals surface area contributed by atoms with E-state index in [0.717, 1.165) is 29.8 Å². The van der Waals surface area contributed by atoms with Crippen molar-refractivity contribution in [3.63, 3.8) is 0 Å². The van der Waals surface area contributed by atoms with Crippen LogP contribution >= 0.6 is 0 Å². The molecule has 112 valence electrons. The monoisotopic (exact) mass is 308 g/mol. The molecule has 23 heavy (non-hydrogen) atoms. The Morgan fingerprint density at radius 2 is 1.96 bits per heavy atom. The highest BCUT2D eigenvalue weighted by atomic mass is 19.1. The molecule has 2 aromatic carbocycles. The number of hydrogen-bond acceptors (Lipinski definition) is 2. The molecule has 0 aliphatic carbocycles. The van der Waals surface area contributed by atoms with Crippen molar-refractivity contribution in [3.05, 3.63) is 77.0 Å². The molecule has 3 nitrogen and oxygen atoms in total. The number of ketones is 1. The molecule has 0 bridgehead atoms. The van der Waals surface area contributed by atoms with Crippen molar-refractivity contribution < 1.29 is 13.6 Å². The van der Waals surface area contributed by atoms with Crippen molar-refractivity contribution in [3.8, 4) is 6.07 Å². The van der Waals surface area contributed by atoms with Crippen molar-refractivity contribution >= 4 is 22.8 Å². The summed E-state index contributed by atoms with van der Waals surface area (Å²) < 4.78 is 26.9. The number of aromatic amines is 1. The second kappa shape index (κ2) is 5.85. The highest BCUT2D eigenvalue weighted by Gasteiger charge is 2.17. The molecule has 0 fully saturated rings. The molecule has 1 N–H and O–H groups in total. The molecule has 3 rings (SSSR count). The summed E-state index contributed by atoms with van der Waals surface area (Å²) in [5, 5.41) is 9.89. The SMILES string of the molecule is N#C/C(=C\c1cc(F)ccc1F)C(=O)c1c[nH]c2ccccc12. The maximum absolute atomic E-state index is 13.7. The van der Waals surface area contributed by atoms with Gasteiger partial charge < -0.3 is 4.98 Å². The lowest BCUT2D eigenvalue weighted by molar-refractivity contribution is 0.104. The zero-order valence-corrected chi connectivity index (χ0v) is 11.8. The van der Waals surface area contributed by atoms with Gasteiger partial charge in [0.05, 0.1) is 0 Å². The van der Waals surface area contributed by atoms with E-state index in [2.05, 4.69) is 4.98 Å². The number of nitrogens with zero attached hydrogens (tertiary/aromatic N) is 1. The Morgan fingerprint density at radius 1 is 1.17 bits per heavy atom. The molecule has 1 heterocycles. The fourth-order valence-corrected chi connectivity index (χ4v) is 2.33. The number of aromatic nitrogens is 1. The second-order valence-corrected chi connectivity index (χ2v) is 4.91. The number of rotatable bonds is 3. The van der Waals surface area contributed by atoms with E-state index in [9.17, 15) is 18.8 Å². The maximum Gasteiger partial charge on any atom is 0.205 e. The van der Waals surface area contributed by atoms with Gasteiger partial charge in [0.25, 0.3) is 0 Å². The van der Waals surface area contributed by atoms with Crippen LogP contribution in [0.25, 0.3) is 17.0 Å².